The largest absolute Gasteiger partial charge is 0.479 e. The van der Waals surface area contributed by atoms with Crippen molar-refractivity contribution in [2.75, 3.05) is 11.9 Å². The summed E-state index contributed by atoms with van der Waals surface area (Å²) in [6, 6.07) is 3.28. The van der Waals surface area contributed by atoms with Crippen LogP contribution in [0.4, 0.5) is 10.1 Å². The van der Waals surface area contributed by atoms with E-state index in [1.807, 2.05) is 0 Å². The fourth-order valence-electron chi connectivity index (χ4n) is 2.08. The van der Waals surface area contributed by atoms with Gasteiger partial charge < -0.3 is 15.2 Å². The van der Waals surface area contributed by atoms with Crippen LogP contribution in [0.15, 0.2) is 23.1 Å². The third-order valence-electron chi connectivity index (χ3n) is 3.17. The molecule has 4 N–H and O–H groups in total. The van der Waals surface area contributed by atoms with Crippen LogP contribution in [0.2, 0.25) is 0 Å². The maximum atomic E-state index is 13.7. The zero-order valence-electron chi connectivity index (χ0n) is 11.0. The molecule has 1 aliphatic heterocycles. The van der Waals surface area contributed by atoms with Crippen molar-refractivity contribution in [1.29, 1.82) is 0 Å². The second-order valence-electron chi connectivity index (χ2n) is 4.73. The topological polar surface area (TPSA) is 119 Å². The highest BCUT2D eigenvalue weighted by atomic mass is 32.2. The Hall–Kier alpha value is -1.71. The lowest BCUT2D eigenvalue weighted by Gasteiger charge is -2.14. The Morgan fingerprint density at radius 1 is 1.48 bits per heavy atom. The van der Waals surface area contributed by atoms with Gasteiger partial charge in [0.2, 0.25) is 10.0 Å². The van der Waals surface area contributed by atoms with Crippen LogP contribution in [-0.4, -0.2) is 38.2 Å². The van der Waals surface area contributed by atoms with Gasteiger partial charge in [0.15, 0.2) is 6.10 Å². The van der Waals surface area contributed by atoms with E-state index in [-0.39, 0.29) is 23.2 Å². The molecule has 1 aliphatic rings. The number of benzene rings is 1. The van der Waals surface area contributed by atoms with E-state index in [9.17, 15) is 17.6 Å². The van der Waals surface area contributed by atoms with Gasteiger partial charge >= 0.3 is 5.97 Å². The Labute approximate surface area is 121 Å². The summed E-state index contributed by atoms with van der Waals surface area (Å²) in [5, 5.41) is 16.5. The summed E-state index contributed by atoms with van der Waals surface area (Å²) >= 11 is 0. The molecule has 0 radical (unpaired) electrons. The molecule has 2 unspecified atom stereocenters. The highest BCUT2D eigenvalue weighted by Crippen LogP contribution is 2.22. The third kappa shape index (κ3) is 3.90. The molecular weight excluding hydrogens is 303 g/mol. The molecule has 1 fully saturated rings. The van der Waals surface area contributed by atoms with Crippen LogP contribution in [0.25, 0.3) is 0 Å². The summed E-state index contributed by atoms with van der Waals surface area (Å²) < 4.78 is 41.2. The van der Waals surface area contributed by atoms with Gasteiger partial charge in [-0.1, -0.05) is 0 Å². The van der Waals surface area contributed by atoms with Gasteiger partial charge in [-0.3, -0.25) is 0 Å². The number of carboxylic acids is 1. The molecule has 116 valence electrons. The molecule has 2 atom stereocenters. The number of halogens is 1. The van der Waals surface area contributed by atoms with E-state index in [1.165, 1.54) is 12.1 Å². The molecule has 1 aromatic carbocycles. The fourth-order valence-corrected chi connectivity index (χ4v) is 2.60. The predicted molar refractivity (Wildman–Crippen MR) is 71.8 cm³/mol. The summed E-state index contributed by atoms with van der Waals surface area (Å²) in [7, 11) is -3.95. The molecule has 0 aliphatic carbocycles. The second kappa shape index (κ2) is 5.96. The third-order valence-corrected chi connectivity index (χ3v) is 4.08. The number of rotatable bonds is 5. The average Bonchev–Trinajstić information content (AvgIpc) is 2.85. The molecule has 1 saturated heterocycles. The van der Waals surface area contributed by atoms with Crippen molar-refractivity contribution in [3.63, 3.8) is 0 Å². The SMILES string of the molecule is NS(=O)(=O)c1ccc(NCC2CCC(C(=O)O)O2)c(F)c1. The van der Waals surface area contributed by atoms with Crippen molar-refractivity contribution in [2.24, 2.45) is 5.14 Å². The number of sulfonamides is 1. The minimum Gasteiger partial charge on any atom is -0.479 e. The smallest absolute Gasteiger partial charge is 0.332 e. The van der Waals surface area contributed by atoms with Gasteiger partial charge in [-0.2, -0.15) is 0 Å². The molecule has 2 rings (SSSR count). The minimum absolute atomic E-state index is 0.102. The zero-order chi connectivity index (χ0) is 15.6. The normalized spacial score (nSPS) is 22.2. The van der Waals surface area contributed by atoms with Crippen molar-refractivity contribution in [1.82, 2.24) is 0 Å². The van der Waals surface area contributed by atoms with Crippen molar-refractivity contribution in [3.05, 3.63) is 24.0 Å². The Bertz CT molecular complexity index is 649. The summed E-state index contributed by atoms with van der Waals surface area (Å²) in [5.74, 6) is -1.77. The fraction of sp³-hybridized carbons (Fsp3) is 0.417. The van der Waals surface area contributed by atoms with Crippen LogP contribution >= 0.6 is 0 Å². The van der Waals surface area contributed by atoms with Gasteiger partial charge in [0.1, 0.15) is 5.82 Å². The summed E-state index contributed by atoms with van der Waals surface area (Å²) in [6.45, 7) is 0.232. The molecule has 0 aromatic heterocycles. The van der Waals surface area contributed by atoms with Crippen LogP contribution < -0.4 is 10.5 Å². The number of hydrogen-bond acceptors (Lipinski definition) is 5. The van der Waals surface area contributed by atoms with Crippen molar-refractivity contribution < 1.29 is 27.4 Å². The van der Waals surface area contributed by atoms with E-state index in [4.69, 9.17) is 15.0 Å². The molecule has 0 amide bonds. The highest BCUT2D eigenvalue weighted by Gasteiger charge is 2.30. The molecular formula is C12H15FN2O5S. The van der Waals surface area contributed by atoms with E-state index in [0.717, 1.165) is 6.07 Å². The lowest BCUT2D eigenvalue weighted by molar-refractivity contribution is -0.149. The maximum absolute atomic E-state index is 13.7. The summed E-state index contributed by atoms with van der Waals surface area (Å²) in [4.78, 5) is 10.4. The van der Waals surface area contributed by atoms with Gasteiger partial charge in [0.05, 0.1) is 16.7 Å². The standard InChI is InChI=1S/C12H15FN2O5S/c13-9-5-8(21(14,18)19)2-3-10(9)15-6-7-1-4-11(20-7)12(16)17/h2-3,5,7,11,15H,1,4,6H2,(H,16,17)(H2,14,18,19). The van der Waals surface area contributed by atoms with Crippen molar-refractivity contribution in [2.45, 2.75) is 29.9 Å². The number of hydrogen-bond donors (Lipinski definition) is 3. The van der Waals surface area contributed by atoms with E-state index >= 15 is 0 Å². The first-order valence-corrected chi connectivity index (χ1v) is 7.76. The van der Waals surface area contributed by atoms with Crippen LogP contribution in [-0.2, 0) is 19.6 Å². The lowest BCUT2D eigenvalue weighted by Crippen LogP contribution is -2.24. The van der Waals surface area contributed by atoms with Crippen LogP contribution in [0, 0.1) is 5.82 Å². The summed E-state index contributed by atoms with van der Waals surface area (Å²) in [6.07, 6.45) is -0.190. The van der Waals surface area contributed by atoms with Crippen LogP contribution in [0.3, 0.4) is 0 Å². The Morgan fingerprint density at radius 2 is 2.19 bits per heavy atom. The lowest BCUT2D eigenvalue weighted by atomic mass is 10.2. The zero-order valence-corrected chi connectivity index (χ0v) is 11.8. The first kappa shape index (κ1) is 15.7. The van der Waals surface area contributed by atoms with Crippen molar-refractivity contribution >= 4 is 21.7 Å². The van der Waals surface area contributed by atoms with Gasteiger partial charge in [0, 0.05) is 6.54 Å². The maximum Gasteiger partial charge on any atom is 0.332 e. The van der Waals surface area contributed by atoms with Crippen LogP contribution in [0.1, 0.15) is 12.8 Å². The molecule has 1 aromatic rings. The molecule has 0 bridgehead atoms. The van der Waals surface area contributed by atoms with Gasteiger partial charge in [0.25, 0.3) is 0 Å². The van der Waals surface area contributed by atoms with Gasteiger partial charge in [-0.25, -0.2) is 22.7 Å². The molecule has 7 nitrogen and oxygen atoms in total. The first-order valence-electron chi connectivity index (χ1n) is 6.22. The number of primary sulfonamides is 1. The average molecular weight is 318 g/mol. The Morgan fingerprint density at radius 3 is 2.71 bits per heavy atom. The number of anilines is 1. The molecule has 0 saturated carbocycles. The monoisotopic (exact) mass is 318 g/mol. The number of nitrogens with one attached hydrogen (secondary N) is 1. The predicted octanol–water partition coefficient (Wildman–Crippen LogP) is 0.517. The van der Waals surface area contributed by atoms with E-state index in [0.29, 0.717) is 12.8 Å². The molecule has 0 spiro atoms. The molecule has 1 heterocycles. The summed E-state index contributed by atoms with van der Waals surface area (Å²) in [5.41, 5.74) is 0.102. The van der Waals surface area contributed by atoms with Gasteiger partial charge in [-0.15, -0.1) is 0 Å². The van der Waals surface area contributed by atoms with E-state index < -0.39 is 27.9 Å². The first-order chi connectivity index (χ1) is 9.77. The number of carbonyl (C=O) groups is 1. The minimum atomic E-state index is -3.95. The number of aliphatic carboxylic acids is 1. The van der Waals surface area contributed by atoms with Gasteiger partial charge in [-0.05, 0) is 31.0 Å². The quantitative estimate of drug-likeness (QED) is 0.728. The van der Waals surface area contributed by atoms with Crippen molar-refractivity contribution in [3.8, 4) is 0 Å². The van der Waals surface area contributed by atoms with E-state index in [1.54, 1.807) is 0 Å². The number of ether oxygens (including phenoxy) is 1. The van der Waals surface area contributed by atoms with Crippen LogP contribution in [0.5, 0.6) is 0 Å². The Kier molecular flexibility index (Phi) is 4.45. The second-order valence-corrected chi connectivity index (χ2v) is 6.29. The highest BCUT2D eigenvalue weighted by molar-refractivity contribution is 7.89. The Balaban J connectivity index is 1.97. The van der Waals surface area contributed by atoms with E-state index in [2.05, 4.69) is 5.32 Å². The molecule has 21 heavy (non-hydrogen) atoms. The number of nitrogens with two attached hydrogens (primary N) is 1. The number of carboxylic acid groups (broad SMARTS) is 1. The molecule has 9 heteroatoms.